The number of hydrogen-bond donors (Lipinski definition) is 2. The largest absolute Gasteiger partial charge is 0.398 e. The van der Waals surface area contributed by atoms with E-state index in [9.17, 15) is 0 Å². The van der Waals surface area contributed by atoms with Crippen LogP contribution in [0.2, 0.25) is 0 Å². The first-order chi connectivity index (χ1) is 9.66. The minimum atomic E-state index is 0. The summed E-state index contributed by atoms with van der Waals surface area (Å²) in [7, 11) is 0. The van der Waals surface area contributed by atoms with Gasteiger partial charge in [0, 0.05) is 41.2 Å². The summed E-state index contributed by atoms with van der Waals surface area (Å²) >= 11 is 7.20. The molecule has 1 atom stereocenters. The molecule has 2 fully saturated rings. The van der Waals surface area contributed by atoms with Crippen molar-refractivity contribution in [1.29, 1.82) is 0 Å². The van der Waals surface area contributed by atoms with E-state index in [0.29, 0.717) is 6.04 Å². The van der Waals surface area contributed by atoms with E-state index < -0.39 is 0 Å². The second kappa shape index (κ2) is 9.09. The Morgan fingerprint density at radius 2 is 1.77 bits per heavy atom. The lowest BCUT2D eigenvalue weighted by Gasteiger charge is -2.43. The average Bonchev–Trinajstić information content (AvgIpc) is 2.39. The molecule has 0 amide bonds. The second-order valence-electron chi connectivity index (χ2n) is 5.81. The minimum absolute atomic E-state index is 0. The van der Waals surface area contributed by atoms with Gasteiger partial charge in [0.25, 0.3) is 0 Å². The van der Waals surface area contributed by atoms with E-state index in [1.165, 1.54) is 24.8 Å². The molecule has 3 nitrogen and oxygen atoms in total. The number of rotatable bonds is 3. The summed E-state index contributed by atoms with van der Waals surface area (Å²) < 4.78 is 2.11. The van der Waals surface area contributed by atoms with Gasteiger partial charge in [-0.3, -0.25) is 4.90 Å². The van der Waals surface area contributed by atoms with E-state index in [4.69, 9.17) is 5.73 Å². The Balaban J connectivity index is 0.00000121. The van der Waals surface area contributed by atoms with Crippen LogP contribution in [-0.4, -0.2) is 31.1 Å². The number of anilines is 1. The molecule has 0 unspecified atom stereocenters. The number of nitrogens with one attached hydrogen (secondary N) is 1. The number of nitrogens with zero attached hydrogens (tertiary/aromatic N) is 1. The number of nitrogen functional groups attached to an aromatic ring is 1. The second-order valence-corrected chi connectivity index (χ2v) is 7.58. The number of piperazine rings is 1. The zero-order valence-corrected chi connectivity index (χ0v) is 17.2. The van der Waals surface area contributed by atoms with Gasteiger partial charge in [-0.05, 0) is 52.4 Å². The van der Waals surface area contributed by atoms with Gasteiger partial charge >= 0.3 is 0 Å². The molecule has 0 radical (unpaired) electrons. The highest BCUT2D eigenvalue weighted by atomic mass is 79.9. The molecular formula is C15H23Br2Cl2N3. The van der Waals surface area contributed by atoms with Crippen LogP contribution in [0.3, 0.4) is 0 Å². The summed E-state index contributed by atoms with van der Waals surface area (Å²) in [5, 5.41) is 3.44. The highest BCUT2D eigenvalue weighted by Crippen LogP contribution is 2.45. The molecule has 1 aromatic carbocycles. The maximum atomic E-state index is 6.37. The van der Waals surface area contributed by atoms with Crippen LogP contribution in [0.1, 0.15) is 30.9 Å². The van der Waals surface area contributed by atoms with Gasteiger partial charge in [-0.2, -0.15) is 0 Å². The standard InChI is InChI=1S/C15H21Br2N3.2ClH/c16-11-8-12(14(18)13(17)9-11)15(10-2-1-3-10)20-6-4-19-5-7-20;;/h8-10,15,19H,1-7,18H2;2*1H/t15-;;/m1../s1. The van der Waals surface area contributed by atoms with Crippen molar-refractivity contribution in [3.05, 3.63) is 26.6 Å². The minimum Gasteiger partial charge on any atom is -0.398 e. The molecule has 126 valence electrons. The van der Waals surface area contributed by atoms with E-state index in [-0.39, 0.29) is 24.8 Å². The molecule has 7 heteroatoms. The monoisotopic (exact) mass is 473 g/mol. The first kappa shape index (κ1) is 20.5. The van der Waals surface area contributed by atoms with Crippen LogP contribution in [0, 0.1) is 5.92 Å². The van der Waals surface area contributed by atoms with Crippen molar-refractivity contribution in [2.75, 3.05) is 31.9 Å². The highest BCUT2D eigenvalue weighted by molar-refractivity contribution is 9.11. The maximum absolute atomic E-state index is 6.37. The predicted molar refractivity (Wildman–Crippen MR) is 105 cm³/mol. The van der Waals surface area contributed by atoms with Gasteiger partial charge in [0.05, 0.1) is 5.69 Å². The molecule has 1 saturated heterocycles. The van der Waals surface area contributed by atoms with E-state index in [2.05, 4.69) is 48.1 Å². The third-order valence-corrected chi connectivity index (χ3v) is 5.70. The Labute approximate surface area is 161 Å². The van der Waals surface area contributed by atoms with E-state index in [0.717, 1.165) is 46.7 Å². The summed E-state index contributed by atoms with van der Waals surface area (Å²) in [5.74, 6) is 0.761. The van der Waals surface area contributed by atoms with Crippen LogP contribution < -0.4 is 11.1 Å². The number of benzene rings is 1. The van der Waals surface area contributed by atoms with Crippen LogP contribution in [0.25, 0.3) is 0 Å². The number of nitrogens with two attached hydrogens (primary N) is 1. The first-order valence-electron chi connectivity index (χ1n) is 7.36. The molecule has 1 aliphatic heterocycles. The van der Waals surface area contributed by atoms with E-state index in [1.807, 2.05) is 6.07 Å². The predicted octanol–water partition coefficient (Wildman–Crippen LogP) is 4.38. The van der Waals surface area contributed by atoms with Crippen LogP contribution in [0.4, 0.5) is 5.69 Å². The van der Waals surface area contributed by atoms with E-state index >= 15 is 0 Å². The van der Waals surface area contributed by atoms with Crippen LogP contribution in [0.5, 0.6) is 0 Å². The van der Waals surface area contributed by atoms with E-state index in [1.54, 1.807) is 0 Å². The van der Waals surface area contributed by atoms with Crippen molar-refractivity contribution in [3.8, 4) is 0 Å². The van der Waals surface area contributed by atoms with Gasteiger partial charge in [-0.25, -0.2) is 0 Å². The lowest BCUT2D eigenvalue weighted by molar-refractivity contribution is 0.0841. The molecule has 1 aromatic rings. The van der Waals surface area contributed by atoms with Gasteiger partial charge in [0.2, 0.25) is 0 Å². The van der Waals surface area contributed by atoms with Crippen LogP contribution in [-0.2, 0) is 0 Å². The average molecular weight is 476 g/mol. The SMILES string of the molecule is Cl.Cl.Nc1c(Br)cc(Br)cc1[C@@H](C1CCC1)N1CCNCC1. The maximum Gasteiger partial charge on any atom is 0.0507 e. The fourth-order valence-electron chi connectivity index (χ4n) is 3.31. The van der Waals surface area contributed by atoms with Crippen molar-refractivity contribution in [3.63, 3.8) is 0 Å². The Morgan fingerprint density at radius 1 is 1.14 bits per heavy atom. The lowest BCUT2D eigenvalue weighted by Crippen LogP contribution is -2.48. The molecule has 1 aliphatic carbocycles. The van der Waals surface area contributed by atoms with Gasteiger partial charge in [-0.1, -0.05) is 22.4 Å². The molecule has 3 rings (SSSR count). The lowest BCUT2D eigenvalue weighted by atomic mass is 9.76. The molecule has 22 heavy (non-hydrogen) atoms. The Morgan fingerprint density at radius 3 is 2.32 bits per heavy atom. The van der Waals surface area contributed by atoms with Gasteiger partial charge < -0.3 is 11.1 Å². The fraction of sp³-hybridized carbons (Fsp3) is 0.600. The molecule has 2 aliphatic rings. The van der Waals surface area contributed by atoms with Gasteiger partial charge in [-0.15, -0.1) is 24.8 Å². The normalized spacial score (nSPS) is 20.5. The molecule has 3 N–H and O–H groups in total. The summed E-state index contributed by atoms with van der Waals surface area (Å²) in [5.41, 5.74) is 8.56. The summed E-state index contributed by atoms with van der Waals surface area (Å²) in [6.07, 6.45) is 4.03. The smallest absolute Gasteiger partial charge is 0.0507 e. The molecule has 0 bridgehead atoms. The topological polar surface area (TPSA) is 41.3 Å². The quantitative estimate of drug-likeness (QED) is 0.637. The van der Waals surface area contributed by atoms with Crippen molar-refractivity contribution < 1.29 is 0 Å². The third kappa shape index (κ3) is 4.31. The summed E-state index contributed by atoms with van der Waals surface area (Å²) in [6, 6.07) is 4.72. The van der Waals surface area contributed by atoms with Crippen molar-refractivity contribution in [1.82, 2.24) is 10.2 Å². The molecule has 0 spiro atoms. The van der Waals surface area contributed by atoms with Crippen molar-refractivity contribution >= 4 is 62.4 Å². The molecule has 0 aromatic heterocycles. The molecular weight excluding hydrogens is 453 g/mol. The Bertz CT molecular complexity index is 492. The Kier molecular flexibility index (Phi) is 8.48. The fourth-order valence-corrected chi connectivity index (χ4v) is 4.57. The van der Waals surface area contributed by atoms with Crippen molar-refractivity contribution in [2.24, 2.45) is 5.92 Å². The van der Waals surface area contributed by atoms with Gasteiger partial charge in [0.15, 0.2) is 0 Å². The van der Waals surface area contributed by atoms with Crippen molar-refractivity contribution in [2.45, 2.75) is 25.3 Å². The Hall–Kier alpha value is 0.480. The first-order valence-corrected chi connectivity index (χ1v) is 8.94. The summed E-state index contributed by atoms with van der Waals surface area (Å²) in [6.45, 7) is 4.39. The number of halogens is 4. The molecule has 1 heterocycles. The zero-order chi connectivity index (χ0) is 14.1. The summed E-state index contributed by atoms with van der Waals surface area (Å²) in [4.78, 5) is 2.62. The molecule has 1 saturated carbocycles. The highest BCUT2D eigenvalue weighted by Gasteiger charge is 2.35. The zero-order valence-electron chi connectivity index (χ0n) is 12.4. The van der Waals surface area contributed by atoms with Gasteiger partial charge in [0.1, 0.15) is 0 Å². The third-order valence-electron chi connectivity index (χ3n) is 4.59. The van der Waals surface area contributed by atoms with Crippen LogP contribution >= 0.6 is 56.7 Å². The number of hydrogen-bond acceptors (Lipinski definition) is 3. The van der Waals surface area contributed by atoms with Crippen LogP contribution in [0.15, 0.2) is 21.1 Å².